The van der Waals surface area contributed by atoms with Crippen molar-refractivity contribution in [2.75, 3.05) is 6.61 Å². The number of nitrogens with two attached hydrogens (primary N) is 1. The average Bonchev–Trinajstić information content (AvgIpc) is 2.97. The minimum atomic E-state index is 0.207. The predicted molar refractivity (Wildman–Crippen MR) is 74.1 cm³/mol. The largest absolute Gasteiger partial charge is 0.493 e. The smallest absolute Gasteiger partial charge is 0.119 e. The summed E-state index contributed by atoms with van der Waals surface area (Å²) >= 11 is 0. The van der Waals surface area contributed by atoms with E-state index < -0.39 is 0 Å². The summed E-state index contributed by atoms with van der Waals surface area (Å²) in [5.41, 5.74) is 9.83. The molecule has 0 bridgehead atoms. The Morgan fingerprint density at radius 3 is 3.11 bits per heavy atom. The Kier molecular flexibility index (Phi) is 3.25. The van der Waals surface area contributed by atoms with E-state index in [1.807, 2.05) is 30.1 Å². The van der Waals surface area contributed by atoms with Gasteiger partial charge in [0.1, 0.15) is 5.75 Å². The van der Waals surface area contributed by atoms with Crippen LogP contribution in [0.5, 0.6) is 5.75 Å². The van der Waals surface area contributed by atoms with Crippen molar-refractivity contribution < 1.29 is 4.74 Å². The van der Waals surface area contributed by atoms with Crippen LogP contribution in [0.2, 0.25) is 0 Å². The standard InChI is InChI=1S/C15H19N3O/c1-18-12(6-8-17-18)7-9-19-13-3-4-14-11(10-13)2-5-15(14)16/h3-4,6,8,10,15H,2,5,7,9,16H2,1H3/t15-/m1/s1. The first-order valence-corrected chi connectivity index (χ1v) is 6.72. The molecule has 1 aliphatic rings. The van der Waals surface area contributed by atoms with Crippen LogP contribution < -0.4 is 10.5 Å². The zero-order valence-electron chi connectivity index (χ0n) is 11.2. The zero-order valence-corrected chi connectivity index (χ0v) is 11.2. The van der Waals surface area contributed by atoms with E-state index in [1.165, 1.54) is 16.8 Å². The van der Waals surface area contributed by atoms with Crippen LogP contribution in [0.15, 0.2) is 30.5 Å². The van der Waals surface area contributed by atoms with E-state index in [2.05, 4.69) is 17.2 Å². The van der Waals surface area contributed by atoms with Gasteiger partial charge in [-0.25, -0.2) is 0 Å². The monoisotopic (exact) mass is 257 g/mol. The van der Waals surface area contributed by atoms with E-state index in [4.69, 9.17) is 10.5 Å². The maximum atomic E-state index is 6.03. The lowest BCUT2D eigenvalue weighted by atomic mass is 10.1. The topological polar surface area (TPSA) is 53.1 Å². The highest BCUT2D eigenvalue weighted by Crippen LogP contribution is 2.31. The fraction of sp³-hybridized carbons (Fsp3) is 0.400. The highest BCUT2D eigenvalue weighted by atomic mass is 16.5. The van der Waals surface area contributed by atoms with Crippen molar-refractivity contribution in [2.24, 2.45) is 12.8 Å². The minimum Gasteiger partial charge on any atom is -0.493 e. The Bertz CT molecular complexity index is 577. The Morgan fingerprint density at radius 1 is 1.42 bits per heavy atom. The van der Waals surface area contributed by atoms with Gasteiger partial charge in [-0.2, -0.15) is 5.10 Å². The van der Waals surface area contributed by atoms with Gasteiger partial charge in [0.15, 0.2) is 0 Å². The third-order valence-corrected chi connectivity index (χ3v) is 3.79. The van der Waals surface area contributed by atoms with Gasteiger partial charge in [0, 0.05) is 31.4 Å². The molecule has 3 rings (SSSR count). The molecule has 0 saturated carbocycles. The molecule has 1 atom stereocenters. The molecule has 0 fully saturated rings. The van der Waals surface area contributed by atoms with Gasteiger partial charge in [-0.3, -0.25) is 4.68 Å². The molecule has 0 saturated heterocycles. The molecule has 2 N–H and O–H groups in total. The number of fused-ring (bicyclic) bond motifs is 1. The van der Waals surface area contributed by atoms with Crippen LogP contribution in [0.1, 0.15) is 29.3 Å². The summed E-state index contributed by atoms with van der Waals surface area (Å²) in [7, 11) is 1.95. The molecule has 19 heavy (non-hydrogen) atoms. The Labute approximate surface area is 113 Å². The summed E-state index contributed by atoms with van der Waals surface area (Å²) in [6, 6.07) is 8.48. The van der Waals surface area contributed by atoms with E-state index >= 15 is 0 Å². The van der Waals surface area contributed by atoms with Crippen molar-refractivity contribution in [1.82, 2.24) is 9.78 Å². The third-order valence-electron chi connectivity index (χ3n) is 3.79. The van der Waals surface area contributed by atoms with E-state index in [1.54, 1.807) is 0 Å². The van der Waals surface area contributed by atoms with Crippen LogP contribution >= 0.6 is 0 Å². The maximum Gasteiger partial charge on any atom is 0.119 e. The second kappa shape index (κ2) is 5.05. The highest BCUT2D eigenvalue weighted by Gasteiger charge is 2.18. The summed E-state index contributed by atoms with van der Waals surface area (Å²) in [4.78, 5) is 0. The number of nitrogens with zero attached hydrogens (tertiary/aromatic N) is 2. The van der Waals surface area contributed by atoms with E-state index in [0.29, 0.717) is 6.61 Å². The van der Waals surface area contributed by atoms with Crippen molar-refractivity contribution in [2.45, 2.75) is 25.3 Å². The molecule has 0 aliphatic heterocycles. The summed E-state index contributed by atoms with van der Waals surface area (Å²) < 4.78 is 7.69. The first-order chi connectivity index (χ1) is 9.24. The van der Waals surface area contributed by atoms with Crippen molar-refractivity contribution in [1.29, 1.82) is 0 Å². The lowest BCUT2D eigenvalue weighted by Gasteiger charge is -2.09. The van der Waals surface area contributed by atoms with E-state index in [9.17, 15) is 0 Å². The zero-order chi connectivity index (χ0) is 13.2. The molecule has 1 heterocycles. The number of aromatic nitrogens is 2. The molecule has 2 aromatic rings. The Morgan fingerprint density at radius 2 is 2.32 bits per heavy atom. The van der Waals surface area contributed by atoms with Crippen LogP contribution in [0, 0.1) is 0 Å². The Balaban J connectivity index is 1.60. The highest BCUT2D eigenvalue weighted by molar-refractivity contribution is 5.40. The second-order valence-electron chi connectivity index (χ2n) is 5.05. The lowest BCUT2D eigenvalue weighted by Crippen LogP contribution is -2.07. The molecular weight excluding hydrogens is 238 g/mol. The number of rotatable bonds is 4. The molecule has 100 valence electrons. The van der Waals surface area contributed by atoms with Gasteiger partial charge in [0.05, 0.1) is 6.61 Å². The maximum absolute atomic E-state index is 6.03. The van der Waals surface area contributed by atoms with Crippen molar-refractivity contribution >= 4 is 0 Å². The summed E-state index contributed by atoms with van der Waals surface area (Å²) in [6.45, 7) is 0.671. The van der Waals surface area contributed by atoms with Gasteiger partial charge in [0.2, 0.25) is 0 Å². The van der Waals surface area contributed by atoms with Crippen LogP contribution in [-0.4, -0.2) is 16.4 Å². The number of benzene rings is 1. The van der Waals surface area contributed by atoms with Crippen LogP contribution in [0.25, 0.3) is 0 Å². The van der Waals surface area contributed by atoms with Crippen molar-refractivity contribution in [3.63, 3.8) is 0 Å². The molecule has 1 aromatic carbocycles. The second-order valence-corrected chi connectivity index (χ2v) is 5.05. The van der Waals surface area contributed by atoms with Crippen LogP contribution in [0.4, 0.5) is 0 Å². The molecule has 4 heteroatoms. The Hall–Kier alpha value is -1.81. The van der Waals surface area contributed by atoms with E-state index in [0.717, 1.165) is 25.0 Å². The van der Waals surface area contributed by atoms with Crippen LogP contribution in [-0.2, 0) is 19.9 Å². The molecular formula is C15H19N3O. The van der Waals surface area contributed by atoms with Gasteiger partial charge >= 0.3 is 0 Å². The molecule has 0 unspecified atom stereocenters. The third kappa shape index (κ3) is 2.49. The normalized spacial score (nSPS) is 17.5. The number of aryl methyl sites for hydroxylation is 2. The fourth-order valence-electron chi connectivity index (χ4n) is 2.64. The average molecular weight is 257 g/mol. The summed E-state index contributed by atoms with van der Waals surface area (Å²) in [5, 5.41) is 4.15. The number of hydrogen-bond donors (Lipinski definition) is 1. The van der Waals surface area contributed by atoms with Gasteiger partial charge in [-0.05, 0) is 42.2 Å². The van der Waals surface area contributed by atoms with Crippen molar-refractivity contribution in [3.8, 4) is 5.75 Å². The van der Waals surface area contributed by atoms with E-state index in [-0.39, 0.29) is 6.04 Å². The first kappa shape index (κ1) is 12.2. The van der Waals surface area contributed by atoms with Gasteiger partial charge in [-0.1, -0.05) is 6.07 Å². The van der Waals surface area contributed by atoms with Gasteiger partial charge in [-0.15, -0.1) is 0 Å². The summed E-state index contributed by atoms with van der Waals surface area (Å²) in [6.07, 6.45) is 4.79. The fourth-order valence-corrected chi connectivity index (χ4v) is 2.64. The first-order valence-electron chi connectivity index (χ1n) is 6.72. The number of ether oxygens (including phenoxy) is 1. The molecule has 1 aromatic heterocycles. The van der Waals surface area contributed by atoms with Gasteiger partial charge in [0.25, 0.3) is 0 Å². The molecule has 4 nitrogen and oxygen atoms in total. The SMILES string of the molecule is Cn1nccc1CCOc1ccc2c(c1)CC[C@H]2N. The predicted octanol–water partition coefficient (Wildman–Crippen LogP) is 1.99. The summed E-state index contributed by atoms with van der Waals surface area (Å²) in [5.74, 6) is 0.940. The van der Waals surface area contributed by atoms with Crippen molar-refractivity contribution in [3.05, 3.63) is 47.3 Å². The lowest BCUT2D eigenvalue weighted by molar-refractivity contribution is 0.318. The molecule has 0 spiro atoms. The number of hydrogen-bond acceptors (Lipinski definition) is 3. The molecule has 0 amide bonds. The van der Waals surface area contributed by atoms with Gasteiger partial charge < -0.3 is 10.5 Å². The quantitative estimate of drug-likeness (QED) is 0.911. The van der Waals surface area contributed by atoms with Crippen LogP contribution in [0.3, 0.4) is 0 Å². The molecule has 0 radical (unpaired) electrons. The minimum absolute atomic E-state index is 0.207. The molecule has 1 aliphatic carbocycles.